The maximum Gasteiger partial charge on any atom is 0.320 e. The van der Waals surface area contributed by atoms with Crippen LogP contribution in [0.3, 0.4) is 0 Å². The molecule has 86 valence electrons. The van der Waals surface area contributed by atoms with Gasteiger partial charge in [-0.25, -0.2) is 0 Å². The van der Waals surface area contributed by atoms with Gasteiger partial charge in [0.05, 0.1) is 0 Å². The fourth-order valence-corrected chi connectivity index (χ4v) is 0.795. The van der Waals surface area contributed by atoms with E-state index in [0.29, 0.717) is 0 Å². The Labute approximate surface area is 86.8 Å². The molecule has 0 fully saturated rings. The average Bonchev–Trinajstić information content (AvgIpc) is 2.13. The van der Waals surface area contributed by atoms with Gasteiger partial charge in [-0.05, 0) is 13.3 Å². The number of carboxylic acid groups (broad SMARTS) is 1. The zero-order valence-electron chi connectivity index (χ0n) is 8.40. The maximum absolute atomic E-state index is 11.1. The third-order valence-corrected chi connectivity index (χ3v) is 1.80. The zero-order chi connectivity index (χ0) is 12.0. The summed E-state index contributed by atoms with van der Waals surface area (Å²) in [5.41, 5.74) is 10.1. The van der Waals surface area contributed by atoms with E-state index in [2.05, 4.69) is 5.32 Å². The molecule has 0 aromatic heterocycles. The van der Waals surface area contributed by atoms with E-state index in [9.17, 15) is 14.4 Å². The molecular formula is C8H15N3O4. The van der Waals surface area contributed by atoms with Crippen LogP contribution in [0, 0.1) is 0 Å². The van der Waals surface area contributed by atoms with Crippen LogP contribution in [-0.4, -0.2) is 35.0 Å². The number of carbonyl (C=O) groups excluding carboxylic acids is 2. The molecule has 0 saturated heterocycles. The molecule has 2 amide bonds. The topological polar surface area (TPSA) is 136 Å². The standard InChI is InChI=1S/C8H15N3O4/c1-4(7(10)13)11-6(12)3-2-5(9)8(14)15/h4-5H,2-3,9H2,1H3,(H2,10,13)(H,11,12)(H,14,15)/t4-,5-/m0/s1. The first-order valence-electron chi connectivity index (χ1n) is 4.41. The SMILES string of the molecule is C[C@H](NC(=O)CC[C@H](N)C(=O)O)C(N)=O. The average molecular weight is 217 g/mol. The molecule has 6 N–H and O–H groups in total. The Morgan fingerprint density at radius 3 is 2.33 bits per heavy atom. The number of aliphatic carboxylic acids is 1. The highest BCUT2D eigenvalue weighted by atomic mass is 16.4. The van der Waals surface area contributed by atoms with Gasteiger partial charge in [-0.1, -0.05) is 0 Å². The first-order valence-corrected chi connectivity index (χ1v) is 4.41. The fourth-order valence-electron chi connectivity index (χ4n) is 0.795. The summed E-state index contributed by atoms with van der Waals surface area (Å²) in [7, 11) is 0. The molecule has 7 nitrogen and oxygen atoms in total. The van der Waals surface area contributed by atoms with Gasteiger partial charge in [0.25, 0.3) is 0 Å². The summed E-state index contributed by atoms with van der Waals surface area (Å²) in [5, 5.41) is 10.7. The van der Waals surface area contributed by atoms with E-state index in [1.807, 2.05) is 0 Å². The highest BCUT2D eigenvalue weighted by Gasteiger charge is 2.16. The van der Waals surface area contributed by atoms with Crippen molar-refractivity contribution in [1.82, 2.24) is 5.32 Å². The minimum absolute atomic E-state index is 0.0205. The van der Waals surface area contributed by atoms with Crippen molar-refractivity contribution in [2.75, 3.05) is 0 Å². The Bertz CT molecular complexity index is 267. The normalized spacial score (nSPS) is 14.0. The largest absolute Gasteiger partial charge is 0.480 e. The molecule has 0 aromatic carbocycles. The minimum atomic E-state index is -1.16. The molecule has 0 aromatic rings. The molecule has 0 aliphatic rings. The van der Waals surface area contributed by atoms with Crippen molar-refractivity contribution < 1.29 is 19.5 Å². The van der Waals surface area contributed by atoms with Gasteiger partial charge >= 0.3 is 5.97 Å². The van der Waals surface area contributed by atoms with Crippen molar-refractivity contribution in [3.05, 3.63) is 0 Å². The van der Waals surface area contributed by atoms with Crippen molar-refractivity contribution in [2.45, 2.75) is 31.8 Å². The van der Waals surface area contributed by atoms with Crippen LogP contribution < -0.4 is 16.8 Å². The number of carbonyl (C=O) groups is 3. The van der Waals surface area contributed by atoms with Crippen molar-refractivity contribution in [2.24, 2.45) is 11.5 Å². The van der Waals surface area contributed by atoms with Crippen molar-refractivity contribution >= 4 is 17.8 Å². The van der Waals surface area contributed by atoms with Gasteiger partial charge in [-0.2, -0.15) is 0 Å². The number of hydrogen-bond acceptors (Lipinski definition) is 4. The van der Waals surface area contributed by atoms with E-state index in [1.165, 1.54) is 6.92 Å². The van der Waals surface area contributed by atoms with Gasteiger partial charge in [0, 0.05) is 6.42 Å². The molecule has 0 saturated carbocycles. The number of nitrogens with one attached hydrogen (secondary N) is 1. The first kappa shape index (κ1) is 13.4. The summed E-state index contributed by atoms with van der Waals surface area (Å²) in [4.78, 5) is 32.0. The molecule has 0 heterocycles. The molecule has 15 heavy (non-hydrogen) atoms. The summed E-state index contributed by atoms with van der Waals surface area (Å²) < 4.78 is 0. The zero-order valence-corrected chi connectivity index (χ0v) is 8.40. The van der Waals surface area contributed by atoms with Gasteiger partial charge in [-0.3, -0.25) is 14.4 Å². The number of nitrogens with two attached hydrogens (primary N) is 2. The smallest absolute Gasteiger partial charge is 0.320 e. The number of primary amides is 1. The summed E-state index contributed by atoms with van der Waals surface area (Å²) in [6, 6.07) is -1.84. The van der Waals surface area contributed by atoms with Gasteiger partial charge in [0.1, 0.15) is 12.1 Å². The summed E-state index contributed by atoms with van der Waals surface area (Å²) >= 11 is 0. The van der Waals surface area contributed by atoms with Crippen LogP contribution in [0.1, 0.15) is 19.8 Å². The van der Waals surface area contributed by atoms with Crippen molar-refractivity contribution in [1.29, 1.82) is 0 Å². The van der Waals surface area contributed by atoms with Crippen LogP contribution in [0.4, 0.5) is 0 Å². The molecule has 0 spiro atoms. The van der Waals surface area contributed by atoms with Gasteiger partial charge < -0.3 is 21.9 Å². The van der Waals surface area contributed by atoms with E-state index >= 15 is 0 Å². The van der Waals surface area contributed by atoms with E-state index in [1.54, 1.807) is 0 Å². The third kappa shape index (κ3) is 5.63. The van der Waals surface area contributed by atoms with E-state index in [-0.39, 0.29) is 12.8 Å². The molecule has 0 aliphatic carbocycles. The monoisotopic (exact) mass is 217 g/mol. The molecule has 0 unspecified atom stereocenters. The summed E-state index contributed by atoms with van der Waals surface area (Å²) in [6.45, 7) is 1.44. The van der Waals surface area contributed by atoms with E-state index in [4.69, 9.17) is 16.6 Å². The first-order chi connectivity index (χ1) is 6.84. The van der Waals surface area contributed by atoms with Crippen LogP contribution in [0.5, 0.6) is 0 Å². The predicted octanol–water partition coefficient (Wildman–Crippen LogP) is -1.83. The Balaban J connectivity index is 3.85. The lowest BCUT2D eigenvalue weighted by atomic mass is 10.1. The number of amides is 2. The maximum atomic E-state index is 11.1. The van der Waals surface area contributed by atoms with Crippen LogP contribution in [0.15, 0.2) is 0 Å². The highest BCUT2D eigenvalue weighted by molar-refractivity contribution is 5.86. The molecular weight excluding hydrogens is 202 g/mol. The van der Waals surface area contributed by atoms with Crippen molar-refractivity contribution in [3.63, 3.8) is 0 Å². The number of rotatable bonds is 6. The molecule has 0 radical (unpaired) electrons. The summed E-state index contributed by atoms with van der Waals surface area (Å²) in [6.07, 6.45) is -0.0300. The van der Waals surface area contributed by atoms with Gasteiger partial charge in [0.15, 0.2) is 0 Å². The Morgan fingerprint density at radius 2 is 1.93 bits per heavy atom. The van der Waals surface area contributed by atoms with Crippen LogP contribution >= 0.6 is 0 Å². The quantitative estimate of drug-likeness (QED) is 0.415. The number of hydrogen-bond donors (Lipinski definition) is 4. The Morgan fingerprint density at radius 1 is 1.40 bits per heavy atom. The molecule has 2 atom stereocenters. The van der Waals surface area contributed by atoms with Gasteiger partial charge in [0.2, 0.25) is 11.8 Å². The fraction of sp³-hybridized carbons (Fsp3) is 0.625. The lowest BCUT2D eigenvalue weighted by molar-refractivity contribution is -0.138. The Kier molecular flexibility index (Phi) is 5.32. The summed E-state index contributed by atoms with van der Waals surface area (Å²) in [5.74, 6) is -2.25. The Hall–Kier alpha value is -1.63. The van der Waals surface area contributed by atoms with Crippen LogP contribution in [0.2, 0.25) is 0 Å². The second-order valence-electron chi connectivity index (χ2n) is 3.17. The van der Waals surface area contributed by atoms with E-state index in [0.717, 1.165) is 0 Å². The van der Waals surface area contributed by atoms with Gasteiger partial charge in [-0.15, -0.1) is 0 Å². The van der Waals surface area contributed by atoms with Crippen molar-refractivity contribution in [3.8, 4) is 0 Å². The third-order valence-electron chi connectivity index (χ3n) is 1.80. The van der Waals surface area contributed by atoms with E-state index < -0.39 is 29.9 Å². The molecule has 0 rings (SSSR count). The number of carboxylic acids is 1. The van der Waals surface area contributed by atoms with Crippen LogP contribution in [0.25, 0.3) is 0 Å². The minimum Gasteiger partial charge on any atom is -0.480 e. The molecule has 7 heteroatoms. The second-order valence-corrected chi connectivity index (χ2v) is 3.17. The lowest BCUT2D eigenvalue weighted by Crippen LogP contribution is -2.42. The molecule has 0 aliphatic heterocycles. The highest BCUT2D eigenvalue weighted by Crippen LogP contribution is 1.95. The predicted molar refractivity (Wildman–Crippen MR) is 51.6 cm³/mol. The lowest BCUT2D eigenvalue weighted by Gasteiger charge is -2.10. The second kappa shape index (κ2) is 5.97. The molecule has 0 bridgehead atoms. The van der Waals surface area contributed by atoms with Crippen LogP contribution in [-0.2, 0) is 14.4 Å².